The lowest BCUT2D eigenvalue weighted by Gasteiger charge is -2.07. The van der Waals surface area contributed by atoms with Crippen LogP contribution in [0.4, 0.5) is 0 Å². The lowest BCUT2D eigenvalue weighted by atomic mass is 10.1. The summed E-state index contributed by atoms with van der Waals surface area (Å²) in [4.78, 5) is 59.2. The van der Waals surface area contributed by atoms with Crippen molar-refractivity contribution in [3.8, 4) is 23.3 Å². The topological polar surface area (TPSA) is 122 Å². The average molecular weight is 579 g/mol. The largest absolute Gasteiger partial charge is 0.425 e. The number of benzene rings is 3. The smallest absolute Gasteiger partial charge is 0.343 e. The van der Waals surface area contributed by atoms with Gasteiger partial charge in [0.2, 0.25) is 6.79 Å². The average Bonchev–Trinajstić information content (AvgIpc) is 3.01. The molecule has 0 aromatic heterocycles. The Morgan fingerprint density at radius 2 is 1.30 bits per heavy atom. The van der Waals surface area contributed by atoms with Gasteiger partial charge in [-0.1, -0.05) is 37.1 Å². The molecule has 3 aromatic rings. The summed E-state index contributed by atoms with van der Waals surface area (Å²) in [6.45, 7) is 7.75. The molecule has 0 aliphatic rings. The number of hydrogen-bond acceptors (Lipinski definition) is 9. The molecule has 0 bridgehead atoms. The van der Waals surface area contributed by atoms with Crippen molar-refractivity contribution in [3.05, 3.63) is 126 Å². The van der Waals surface area contributed by atoms with E-state index >= 15 is 0 Å². The first-order chi connectivity index (χ1) is 20.6. The number of ether oxygens (including phenoxy) is 4. The van der Waals surface area contributed by atoms with Crippen molar-refractivity contribution < 1.29 is 42.9 Å². The summed E-state index contributed by atoms with van der Waals surface area (Å²) in [5.74, 6) is 3.31. The number of esters is 4. The van der Waals surface area contributed by atoms with Crippen molar-refractivity contribution in [1.29, 1.82) is 0 Å². The van der Waals surface area contributed by atoms with Crippen LogP contribution in [0.2, 0.25) is 0 Å². The fourth-order valence-corrected chi connectivity index (χ4v) is 3.11. The van der Waals surface area contributed by atoms with E-state index in [2.05, 4.69) is 29.7 Å². The number of hydrogen-bond donors (Lipinski definition) is 0. The number of allylic oxidation sites excluding steroid dienone is 1. The van der Waals surface area contributed by atoms with Crippen molar-refractivity contribution in [3.63, 3.8) is 0 Å². The second kappa shape index (κ2) is 15.7. The predicted octanol–water partition coefficient (Wildman–Crippen LogP) is 5.25. The van der Waals surface area contributed by atoms with Crippen molar-refractivity contribution in [2.24, 2.45) is 0 Å². The van der Waals surface area contributed by atoms with Gasteiger partial charge in [0.15, 0.2) is 5.78 Å². The molecule has 0 amide bonds. The van der Waals surface area contributed by atoms with Gasteiger partial charge in [-0.2, -0.15) is 0 Å². The van der Waals surface area contributed by atoms with Crippen LogP contribution in [0.15, 0.2) is 104 Å². The highest BCUT2D eigenvalue weighted by molar-refractivity contribution is 5.93. The first-order valence-electron chi connectivity index (χ1n) is 12.7. The van der Waals surface area contributed by atoms with E-state index in [9.17, 15) is 24.0 Å². The van der Waals surface area contributed by atoms with Gasteiger partial charge in [0.05, 0.1) is 17.5 Å². The fraction of sp³-hybridized carbons (Fsp3) is 0.0882. The van der Waals surface area contributed by atoms with E-state index in [1.807, 2.05) is 0 Å². The molecule has 3 aromatic carbocycles. The molecule has 0 radical (unpaired) electrons. The highest BCUT2D eigenvalue weighted by Gasteiger charge is 2.11. The van der Waals surface area contributed by atoms with E-state index < -0.39 is 30.7 Å². The molecule has 0 aliphatic heterocycles. The van der Waals surface area contributed by atoms with Crippen molar-refractivity contribution in [2.45, 2.75) is 13.3 Å². The normalized spacial score (nSPS) is 10.1. The van der Waals surface area contributed by atoms with Gasteiger partial charge in [-0.15, -0.1) is 0 Å². The molecule has 0 saturated carbocycles. The minimum Gasteiger partial charge on any atom is -0.425 e. The molecule has 0 saturated heterocycles. The highest BCUT2D eigenvalue weighted by atomic mass is 16.7. The summed E-state index contributed by atoms with van der Waals surface area (Å²) in [6, 6.07) is 18.6. The molecule has 0 heterocycles. The molecule has 216 valence electrons. The van der Waals surface area contributed by atoms with Crippen LogP contribution in [-0.4, -0.2) is 36.5 Å². The molecule has 0 unspecified atom stereocenters. The van der Waals surface area contributed by atoms with Crippen LogP contribution in [0.5, 0.6) is 11.5 Å². The maximum Gasteiger partial charge on any atom is 0.343 e. The third-order valence-electron chi connectivity index (χ3n) is 5.39. The van der Waals surface area contributed by atoms with Gasteiger partial charge in [0.25, 0.3) is 0 Å². The van der Waals surface area contributed by atoms with Gasteiger partial charge in [-0.05, 0) is 85.3 Å². The summed E-state index contributed by atoms with van der Waals surface area (Å²) in [6.07, 6.45) is 3.90. The number of ketones is 1. The van der Waals surface area contributed by atoms with E-state index in [1.54, 1.807) is 36.4 Å². The summed E-state index contributed by atoms with van der Waals surface area (Å²) >= 11 is 0. The summed E-state index contributed by atoms with van der Waals surface area (Å²) in [7, 11) is 0. The first kappa shape index (κ1) is 31.5. The van der Waals surface area contributed by atoms with Crippen molar-refractivity contribution in [1.82, 2.24) is 0 Å². The number of carbonyl (C=O) groups is 5. The van der Waals surface area contributed by atoms with Crippen molar-refractivity contribution in [2.75, 3.05) is 6.79 Å². The molecular weight excluding hydrogens is 552 g/mol. The van der Waals surface area contributed by atoms with Crippen molar-refractivity contribution >= 4 is 35.7 Å². The Bertz CT molecular complexity index is 1620. The van der Waals surface area contributed by atoms with Crippen LogP contribution in [0.3, 0.4) is 0 Å². The Kier molecular flexibility index (Phi) is 11.5. The second-order valence-corrected chi connectivity index (χ2v) is 8.73. The van der Waals surface area contributed by atoms with Gasteiger partial charge in [0.1, 0.15) is 11.5 Å². The Morgan fingerprint density at radius 1 is 0.767 bits per heavy atom. The monoisotopic (exact) mass is 578 g/mol. The minimum atomic E-state index is -0.718. The predicted molar refractivity (Wildman–Crippen MR) is 157 cm³/mol. The standard InChI is InChI=1S/C34H26O9/c1-4-28(35)7-5-6-24-8-13-26(14-9-24)33(38)42-29-17-19-30(20-18-29)43-34(39)27-15-10-25(11-16-27)12-21-31(36)40-22-41-32(37)23(2)3/h4,8-21H,1-2,7,22H2,3H3/b21-12+. The summed E-state index contributed by atoms with van der Waals surface area (Å²) in [5.41, 5.74) is 2.02. The lowest BCUT2D eigenvalue weighted by molar-refractivity contribution is -0.160. The molecule has 3 rings (SSSR count). The molecule has 0 atom stereocenters. The maximum atomic E-state index is 12.5. The van der Waals surface area contributed by atoms with Crippen LogP contribution in [0.25, 0.3) is 6.08 Å². The second-order valence-electron chi connectivity index (χ2n) is 8.73. The molecular formula is C34H26O9. The van der Waals surface area contributed by atoms with E-state index in [4.69, 9.17) is 14.2 Å². The van der Waals surface area contributed by atoms with E-state index in [-0.39, 0.29) is 34.8 Å². The fourth-order valence-electron chi connectivity index (χ4n) is 3.11. The van der Waals surface area contributed by atoms with Crippen LogP contribution in [0.1, 0.15) is 45.2 Å². The number of carbonyl (C=O) groups excluding carboxylic acids is 5. The zero-order valence-electron chi connectivity index (χ0n) is 23.2. The lowest BCUT2D eigenvalue weighted by Crippen LogP contribution is -2.11. The minimum absolute atomic E-state index is 0.0714. The van der Waals surface area contributed by atoms with Gasteiger partial charge in [-0.25, -0.2) is 19.2 Å². The summed E-state index contributed by atoms with van der Waals surface area (Å²) in [5, 5.41) is 0. The molecule has 43 heavy (non-hydrogen) atoms. The Balaban J connectivity index is 1.48. The molecule has 9 nitrogen and oxygen atoms in total. The van der Waals surface area contributed by atoms with E-state index in [1.165, 1.54) is 55.5 Å². The molecule has 9 heteroatoms. The Labute approximate surface area is 248 Å². The van der Waals surface area contributed by atoms with Crippen LogP contribution < -0.4 is 9.47 Å². The molecule has 0 fully saturated rings. The van der Waals surface area contributed by atoms with Crippen LogP contribution in [0, 0.1) is 11.8 Å². The van der Waals surface area contributed by atoms with E-state index in [0.29, 0.717) is 16.7 Å². The maximum absolute atomic E-state index is 12.5. The summed E-state index contributed by atoms with van der Waals surface area (Å²) < 4.78 is 20.2. The highest BCUT2D eigenvalue weighted by Crippen LogP contribution is 2.20. The zero-order valence-corrected chi connectivity index (χ0v) is 23.2. The van der Waals surface area contributed by atoms with Gasteiger partial charge in [-0.3, -0.25) is 4.79 Å². The van der Waals surface area contributed by atoms with Crippen LogP contribution in [-0.2, 0) is 23.9 Å². The van der Waals surface area contributed by atoms with Gasteiger partial charge in [0, 0.05) is 17.2 Å². The molecule has 0 N–H and O–H groups in total. The van der Waals surface area contributed by atoms with E-state index in [0.717, 1.165) is 6.08 Å². The Hall–Kier alpha value is -6.01. The number of rotatable bonds is 11. The third-order valence-corrected chi connectivity index (χ3v) is 5.39. The molecule has 0 spiro atoms. The quantitative estimate of drug-likeness (QED) is 0.0986. The molecule has 0 aliphatic carbocycles. The zero-order chi connectivity index (χ0) is 31.2. The van der Waals surface area contributed by atoms with Gasteiger partial charge >= 0.3 is 23.9 Å². The van der Waals surface area contributed by atoms with Crippen LogP contribution >= 0.6 is 0 Å². The SMILES string of the molecule is C=CC(=O)CC#Cc1ccc(C(=O)Oc2ccc(OC(=O)c3ccc(/C=C/C(=O)OCOC(=O)C(=C)C)cc3)cc2)cc1. The third kappa shape index (κ3) is 10.5. The van der Waals surface area contributed by atoms with Gasteiger partial charge < -0.3 is 18.9 Å². The Morgan fingerprint density at radius 3 is 1.81 bits per heavy atom. The first-order valence-corrected chi connectivity index (χ1v) is 12.7.